The Hall–Kier alpha value is -2.18. The van der Waals surface area contributed by atoms with Crippen molar-refractivity contribution in [3.63, 3.8) is 0 Å². The Morgan fingerprint density at radius 1 is 1.36 bits per heavy atom. The summed E-state index contributed by atoms with van der Waals surface area (Å²) >= 11 is 6.16. The molecule has 1 atom stereocenters. The number of ether oxygens (including phenoxy) is 1. The molecular formula is C18H21ClN4O2. The molecular weight excluding hydrogens is 340 g/mol. The van der Waals surface area contributed by atoms with E-state index in [0.29, 0.717) is 35.4 Å². The van der Waals surface area contributed by atoms with E-state index in [0.717, 1.165) is 25.0 Å². The minimum Gasteiger partial charge on any atom is -0.376 e. The summed E-state index contributed by atoms with van der Waals surface area (Å²) in [6, 6.07) is 9.25. The van der Waals surface area contributed by atoms with Crippen LogP contribution in [0.4, 0.5) is 5.82 Å². The fourth-order valence-electron chi connectivity index (χ4n) is 2.70. The maximum Gasteiger partial charge on any atom is 0.270 e. The highest BCUT2D eigenvalue weighted by Gasteiger charge is 2.17. The van der Waals surface area contributed by atoms with Gasteiger partial charge in [-0.2, -0.15) is 0 Å². The molecule has 0 saturated carbocycles. The Labute approximate surface area is 152 Å². The molecule has 2 heterocycles. The maximum atomic E-state index is 12.3. The Bertz CT molecular complexity index is 748. The van der Waals surface area contributed by atoms with Crippen molar-refractivity contribution < 1.29 is 9.53 Å². The fraction of sp³-hybridized carbons (Fsp3) is 0.389. The van der Waals surface area contributed by atoms with Crippen molar-refractivity contribution >= 4 is 23.3 Å². The number of nitrogens with zero attached hydrogens (tertiary/aromatic N) is 2. The lowest BCUT2D eigenvalue weighted by Crippen LogP contribution is -2.32. The second kappa shape index (κ2) is 8.27. The number of anilines is 1. The SMILES string of the molecule is Cc1nc(NCc2ccccc2Cl)cc(C(=O)NCC2CCCO2)n1. The predicted octanol–water partition coefficient (Wildman–Crippen LogP) is 2.96. The van der Waals surface area contributed by atoms with Gasteiger partial charge in [-0.05, 0) is 31.4 Å². The summed E-state index contributed by atoms with van der Waals surface area (Å²) in [5, 5.41) is 6.76. The zero-order valence-corrected chi connectivity index (χ0v) is 14.8. The monoisotopic (exact) mass is 360 g/mol. The molecule has 1 aliphatic rings. The van der Waals surface area contributed by atoms with Gasteiger partial charge in [0.15, 0.2) is 0 Å². The molecule has 0 spiro atoms. The van der Waals surface area contributed by atoms with Crippen LogP contribution in [0, 0.1) is 6.92 Å². The highest BCUT2D eigenvalue weighted by molar-refractivity contribution is 6.31. The number of carbonyl (C=O) groups is 1. The summed E-state index contributed by atoms with van der Waals surface area (Å²) in [5.74, 6) is 0.905. The lowest BCUT2D eigenvalue weighted by atomic mass is 10.2. The van der Waals surface area contributed by atoms with Crippen LogP contribution in [0.25, 0.3) is 0 Å². The molecule has 132 valence electrons. The molecule has 1 saturated heterocycles. The minimum absolute atomic E-state index is 0.102. The summed E-state index contributed by atoms with van der Waals surface area (Å²) in [5.41, 5.74) is 1.30. The van der Waals surface area contributed by atoms with Gasteiger partial charge in [-0.1, -0.05) is 29.8 Å². The Balaban J connectivity index is 1.63. The van der Waals surface area contributed by atoms with Gasteiger partial charge in [0.05, 0.1) is 6.10 Å². The van der Waals surface area contributed by atoms with Gasteiger partial charge in [0.2, 0.25) is 0 Å². The first-order valence-corrected chi connectivity index (χ1v) is 8.72. The average Bonchev–Trinajstić information content (AvgIpc) is 3.12. The molecule has 3 rings (SSSR count). The van der Waals surface area contributed by atoms with Gasteiger partial charge in [-0.3, -0.25) is 4.79 Å². The lowest BCUT2D eigenvalue weighted by Gasteiger charge is -2.12. The topological polar surface area (TPSA) is 76.1 Å². The van der Waals surface area contributed by atoms with E-state index in [1.54, 1.807) is 13.0 Å². The van der Waals surface area contributed by atoms with Crippen LogP contribution in [0.3, 0.4) is 0 Å². The van der Waals surface area contributed by atoms with Crippen molar-refractivity contribution in [2.45, 2.75) is 32.4 Å². The van der Waals surface area contributed by atoms with E-state index in [-0.39, 0.29) is 12.0 Å². The van der Waals surface area contributed by atoms with Gasteiger partial charge in [0, 0.05) is 30.8 Å². The molecule has 0 aliphatic carbocycles. The number of nitrogens with one attached hydrogen (secondary N) is 2. The molecule has 1 aromatic heterocycles. The molecule has 1 aliphatic heterocycles. The van der Waals surface area contributed by atoms with Crippen LogP contribution in [0.5, 0.6) is 0 Å². The smallest absolute Gasteiger partial charge is 0.270 e. The number of hydrogen-bond donors (Lipinski definition) is 2. The van der Waals surface area contributed by atoms with Gasteiger partial charge in [-0.25, -0.2) is 9.97 Å². The lowest BCUT2D eigenvalue weighted by molar-refractivity contribution is 0.0853. The van der Waals surface area contributed by atoms with Gasteiger partial charge in [0.25, 0.3) is 5.91 Å². The zero-order chi connectivity index (χ0) is 17.6. The summed E-state index contributed by atoms with van der Waals surface area (Å²) in [6.07, 6.45) is 2.13. The van der Waals surface area contributed by atoms with E-state index < -0.39 is 0 Å². The summed E-state index contributed by atoms with van der Waals surface area (Å²) < 4.78 is 5.51. The number of amides is 1. The third-order valence-corrected chi connectivity index (χ3v) is 4.37. The van der Waals surface area contributed by atoms with E-state index in [4.69, 9.17) is 16.3 Å². The van der Waals surface area contributed by atoms with Crippen LogP contribution in [0.2, 0.25) is 5.02 Å². The van der Waals surface area contributed by atoms with E-state index in [1.807, 2.05) is 24.3 Å². The van der Waals surface area contributed by atoms with Crippen molar-refractivity contribution in [1.29, 1.82) is 0 Å². The Morgan fingerprint density at radius 2 is 2.20 bits per heavy atom. The van der Waals surface area contributed by atoms with E-state index in [9.17, 15) is 4.79 Å². The molecule has 1 unspecified atom stereocenters. The molecule has 1 amide bonds. The number of aryl methyl sites for hydroxylation is 1. The third kappa shape index (κ3) is 4.90. The first-order chi connectivity index (χ1) is 12.1. The van der Waals surface area contributed by atoms with E-state index in [2.05, 4.69) is 20.6 Å². The van der Waals surface area contributed by atoms with Gasteiger partial charge in [0.1, 0.15) is 17.3 Å². The normalized spacial score (nSPS) is 16.6. The number of carbonyl (C=O) groups excluding carboxylic acids is 1. The van der Waals surface area contributed by atoms with Crippen molar-refractivity contribution in [2.24, 2.45) is 0 Å². The van der Waals surface area contributed by atoms with Crippen LogP contribution in [-0.4, -0.2) is 35.1 Å². The Kier molecular flexibility index (Phi) is 5.83. The third-order valence-electron chi connectivity index (χ3n) is 4.00. The summed E-state index contributed by atoms with van der Waals surface area (Å²) in [7, 11) is 0. The second-order valence-electron chi connectivity index (χ2n) is 5.98. The highest BCUT2D eigenvalue weighted by atomic mass is 35.5. The number of rotatable bonds is 6. The second-order valence-corrected chi connectivity index (χ2v) is 6.38. The molecule has 25 heavy (non-hydrogen) atoms. The summed E-state index contributed by atoms with van der Waals surface area (Å²) in [4.78, 5) is 20.9. The number of benzene rings is 1. The van der Waals surface area contributed by atoms with Gasteiger partial charge in [-0.15, -0.1) is 0 Å². The molecule has 6 nitrogen and oxygen atoms in total. The summed E-state index contributed by atoms with van der Waals surface area (Å²) in [6.45, 7) is 3.55. The van der Waals surface area contributed by atoms with Crippen LogP contribution in [0.15, 0.2) is 30.3 Å². The quantitative estimate of drug-likeness (QED) is 0.828. The Morgan fingerprint density at radius 3 is 2.96 bits per heavy atom. The predicted molar refractivity (Wildman–Crippen MR) is 96.9 cm³/mol. The highest BCUT2D eigenvalue weighted by Crippen LogP contribution is 2.17. The molecule has 7 heteroatoms. The molecule has 0 radical (unpaired) electrons. The van der Waals surface area contributed by atoms with Crippen LogP contribution >= 0.6 is 11.6 Å². The van der Waals surface area contributed by atoms with Crippen molar-refractivity contribution in [2.75, 3.05) is 18.5 Å². The van der Waals surface area contributed by atoms with Crippen molar-refractivity contribution in [1.82, 2.24) is 15.3 Å². The zero-order valence-electron chi connectivity index (χ0n) is 14.1. The standard InChI is InChI=1S/C18H21ClN4O2/c1-12-22-16(18(24)21-11-14-6-4-8-25-14)9-17(23-12)20-10-13-5-2-3-7-15(13)19/h2-3,5,7,9,14H,4,6,8,10-11H2,1H3,(H,21,24)(H,20,22,23). The molecule has 2 aromatic rings. The number of aromatic nitrogens is 2. The van der Waals surface area contributed by atoms with E-state index >= 15 is 0 Å². The minimum atomic E-state index is -0.221. The van der Waals surface area contributed by atoms with Crippen molar-refractivity contribution in [3.8, 4) is 0 Å². The fourth-order valence-corrected chi connectivity index (χ4v) is 2.91. The number of hydrogen-bond acceptors (Lipinski definition) is 5. The van der Waals surface area contributed by atoms with E-state index in [1.165, 1.54) is 0 Å². The molecule has 1 fully saturated rings. The van der Waals surface area contributed by atoms with Crippen LogP contribution in [-0.2, 0) is 11.3 Å². The molecule has 2 N–H and O–H groups in total. The maximum absolute atomic E-state index is 12.3. The molecule has 1 aromatic carbocycles. The largest absolute Gasteiger partial charge is 0.376 e. The van der Waals surface area contributed by atoms with Crippen LogP contribution in [0.1, 0.15) is 34.7 Å². The van der Waals surface area contributed by atoms with Gasteiger partial charge < -0.3 is 15.4 Å². The first-order valence-electron chi connectivity index (χ1n) is 8.34. The first kappa shape index (κ1) is 17.6. The van der Waals surface area contributed by atoms with Gasteiger partial charge >= 0.3 is 0 Å². The molecule has 0 bridgehead atoms. The number of halogens is 1. The van der Waals surface area contributed by atoms with Crippen molar-refractivity contribution in [3.05, 3.63) is 52.4 Å². The average molecular weight is 361 g/mol. The van der Waals surface area contributed by atoms with Crippen LogP contribution < -0.4 is 10.6 Å².